The maximum Gasteiger partial charge on any atom is 0.160 e. The number of hydrogen-bond acceptors (Lipinski definition) is 3. The molecule has 0 radical (unpaired) electrons. The minimum absolute atomic E-state index is 0.0880. The predicted octanol–water partition coefficient (Wildman–Crippen LogP) is 3.46. The molecule has 0 saturated carbocycles. The number of imidazole rings is 1. The van der Waals surface area contributed by atoms with Gasteiger partial charge in [-0.2, -0.15) is 0 Å². The molecule has 0 spiro atoms. The lowest BCUT2D eigenvalue weighted by Gasteiger charge is -2.31. The summed E-state index contributed by atoms with van der Waals surface area (Å²) in [5, 5.41) is -0.0880. The van der Waals surface area contributed by atoms with Gasteiger partial charge < -0.3 is 9.47 Å². The molecule has 21 heavy (non-hydrogen) atoms. The van der Waals surface area contributed by atoms with E-state index in [0.717, 1.165) is 30.1 Å². The zero-order valence-corrected chi connectivity index (χ0v) is 13.6. The normalized spacial score (nSPS) is 19.2. The summed E-state index contributed by atoms with van der Waals surface area (Å²) in [6, 6.07) is 3.95. The third kappa shape index (κ3) is 3.06. The quantitative estimate of drug-likeness (QED) is 0.811. The highest BCUT2D eigenvalue weighted by molar-refractivity contribution is 6.20. The standard InChI is InChI=1S/C16H23ClN4/c1-3-20-9-6-13(7-10-20)11-21-15(12(2)17)19-14-5-4-8-18-16(14)21/h4-5,8,12-13H,3,6-7,9-11H2,1-2H3. The second kappa shape index (κ2) is 6.32. The molecule has 4 nitrogen and oxygen atoms in total. The molecule has 2 aromatic heterocycles. The Morgan fingerprint density at radius 3 is 2.81 bits per heavy atom. The van der Waals surface area contributed by atoms with Crippen molar-refractivity contribution in [1.82, 2.24) is 19.4 Å². The third-order valence-electron chi connectivity index (χ3n) is 4.48. The molecule has 0 bridgehead atoms. The predicted molar refractivity (Wildman–Crippen MR) is 86.6 cm³/mol. The van der Waals surface area contributed by atoms with Gasteiger partial charge in [0.1, 0.15) is 11.3 Å². The minimum atomic E-state index is -0.0880. The Morgan fingerprint density at radius 2 is 2.14 bits per heavy atom. The van der Waals surface area contributed by atoms with Crippen LogP contribution in [0.4, 0.5) is 0 Å². The topological polar surface area (TPSA) is 34.0 Å². The van der Waals surface area contributed by atoms with Crippen molar-refractivity contribution in [2.75, 3.05) is 19.6 Å². The molecule has 1 aliphatic heterocycles. The number of halogens is 1. The van der Waals surface area contributed by atoms with Gasteiger partial charge in [-0.05, 0) is 57.5 Å². The summed E-state index contributed by atoms with van der Waals surface area (Å²) < 4.78 is 2.24. The molecule has 0 N–H and O–H groups in total. The highest BCUT2D eigenvalue weighted by Gasteiger charge is 2.22. The molecule has 2 aromatic rings. The van der Waals surface area contributed by atoms with Crippen molar-refractivity contribution in [2.24, 2.45) is 5.92 Å². The van der Waals surface area contributed by atoms with E-state index in [0.29, 0.717) is 5.92 Å². The van der Waals surface area contributed by atoms with Gasteiger partial charge in [-0.15, -0.1) is 11.6 Å². The van der Waals surface area contributed by atoms with E-state index in [4.69, 9.17) is 11.6 Å². The fraction of sp³-hybridized carbons (Fsp3) is 0.625. The van der Waals surface area contributed by atoms with Crippen LogP contribution >= 0.6 is 11.6 Å². The number of piperidine rings is 1. The van der Waals surface area contributed by atoms with Crippen LogP contribution in [0.25, 0.3) is 11.2 Å². The number of hydrogen-bond donors (Lipinski definition) is 0. The molecule has 3 rings (SSSR count). The number of pyridine rings is 1. The van der Waals surface area contributed by atoms with Gasteiger partial charge in [0, 0.05) is 12.7 Å². The van der Waals surface area contributed by atoms with Crippen molar-refractivity contribution in [2.45, 2.75) is 38.6 Å². The Kier molecular flexibility index (Phi) is 4.45. The molecule has 1 fully saturated rings. The zero-order chi connectivity index (χ0) is 14.8. The third-order valence-corrected chi connectivity index (χ3v) is 4.68. The Labute approximate surface area is 131 Å². The Bertz CT molecular complexity index is 599. The van der Waals surface area contributed by atoms with Crippen molar-refractivity contribution < 1.29 is 0 Å². The first-order chi connectivity index (χ1) is 10.2. The highest BCUT2D eigenvalue weighted by Crippen LogP contribution is 2.27. The molecular formula is C16H23ClN4. The van der Waals surface area contributed by atoms with Crippen LogP contribution in [0, 0.1) is 5.92 Å². The summed E-state index contributed by atoms with van der Waals surface area (Å²) in [5.74, 6) is 1.64. The number of aromatic nitrogens is 3. The van der Waals surface area contributed by atoms with E-state index in [-0.39, 0.29) is 5.38 Å². The average molecular weight is 307 g/mol. The average Bonchev–Trinajstić information content (AvgIpc) is 2.87. The Morgan fingerprint density at radius 1 is 1.38 bits per heavy atom. The Hall–Kier alpha value is -1.13. The molecule has 0 aliphatic carbocycles. The van der Waals surface area contributed by atoms with E-state index in [1.807, 2.05) is 25.3 Å². The summed E-state index contributed by atoms with van der Waals surface area (Å²) >= 11 is 6.32. The van der Waals surface area contributed by atoms with E-state index in [2.05, 4.69) is 26.4 Å². The molecule has 0 amide bonds. The molecule has 3 heterocycles. The molecular weight excluding hydrogens is 284 g/mol. The molecule has 1 atom stereocenters. The second-order valence-corrected chi connectivity index (χ2v) is 6.58. The largest absolute Gasteiger partial charge is 0.311 e. The van der Waals surface area contributed by atoms with Crippen molar-refractivity contribution in [1.29, 1.82) is 0 Å². The Balaban J connectivity index is 1.84. The van der Waals surface area contributed by atoms with Gasteiger partial charge in [-0.1, -0.05) is 6.92 Å². The van der Waals surface area contributed by atoms with Gasteiger partial charge >= 0.3 is 0 Å². The summed E-state index contributed by atoms with van der Waals surface area (Å²) in [5.41, 5.74) is 1.92. The van der Waals surface area contributed by atoms with Crippen LogP contribution in [0.2, 0.25) is 0 Å². The van der Waals surface area contributed by atoms with Gasteiger partial charge in [-0.3, -0.25) is 0 Å². The lowest BCUT2D eigenvalue weighted by molar-refractivity contribution is 0.181. The SMILES string of the molecule is CCN1CCC(Cn2c(C(C)Cl)nc3cccnc32)CC1. The van der Waals surface area contributed by atoms with Gasteiger partial charge in [0.2, 0.25) is 0 Å². The lowest BCUT2D eigenvalue weighted by Crippen LogP contribution is -2.34. The van der Waals surface area contributed by atoms with Crippen LogP contribution in [0.5, 0.6) is 0 Å². The molecule has 0 aromatic carbocycles. The molecule has 1 aliphatic rings. The molecule has 1 saturated heterocycles. The van der Waals surface area contributed by atoms with Crippen molar-refractivity contribution in [3.63, 3.8) is 0 Å². The summed E-state index contributed by atoms with van der Waals surface area (Å²) in [6.07, 6.45) is 4.33. The number of fused-ring (bicyclic) bond motifs is 1. The van der Waals surface area contributed by atoms with Gasteiger partial charge in [0.05, 0.1) is 5.38 Å². The van der Waals surface area contributed by atoms with Gasteiger partial charge in [-0.25, -0.2) is 9.97 Å². The van der Waals surface area contributed by atoms with Crippen molar-refractivity contribution >= 4 is 22.8 Å². The zero-order valence-electron chi connectivity index (χ0n) is 12.8. The minimum Gasteiger partial charge on any atom is -0.311 e. The highest BCUT2D eigenvalue weighted by atomic mass is 35.5. The fourth-order valence-corrected chi connectivity index (χ4v) is 3.37. The summed E-state index contributed by atoms with van der Waals surface area (Å²) in [6.45, 7) is 8.77. The van der Waals surface area contributed by atoms with Crippen LogP contribution in [0.15, 0.2) is 18.3 Å². The van der Waals surface area contributed by atoms with Crippen LogP contribution in [0.3, 0.4) is 0 Å². The number of alkyl halides is 1. The van der Waals surface area contributed by atoms with Crippen molar-refractivity contribution in [3.05, 3.63) is 24.2 Å². The van der Waals surface area contributed by atoms with Gasteiger partial charge in [0.15, 0.2) is 5.65 Å². The van der Waals surface area contributed by atoms with E-state index in [1.165, 1.54) is 25.9 Å². The van der Waals surface area contributed by atoms with E-state index in [9.17, 15) is 0 Å². The first-order valence-electron chi connectivity index (χ1n) is 7.86. The van der Waals surface area contributed by atoms with E-state index >= 15 is 0 Å². The van der Waals surface area contributed by atoms with Crippen molar-refractivity contribution in [3.8, 4) is 0 Å². The monoisotopic (exact) mass is 306 g/mol. The summed E-state index contributed by atoms with van der Waals surface area (Å²) in [4.78, 5) is 11.7. The van der Waals surface area contributed by atoms with Crippen LogP contribution in [-0.4, -0.2) is 39.1 Å². The number of rotatable bonds is 4. The van der Waals surface area contributed by atoms with Crippen LogP contribution in [-0.2, 0) is 6.54 Å². The maximum atomic E-state index is 6.32. The molecule has 114 valence electrons. The lowest BCUT2D eigenvalue weighted by atomic mass is 9.96. The maximum absolute atomic E-state index is 6.32. The van der Waals surface area contributed by atoms with E-state index in [1.54, 1.807) is 0 Å². The van der Waals surface area contributed by atoms with Crippen LogP contribution in [0.1, 0.15) is 37.9 Å². The second-order valence-electron chi connectivity index (χ2n) is 5.92. The van der Waals surface area contributed by atoms with Gasteiger partial charge in [0.25, 0.3) is 0 Å². The fourth-order valence-electron chi connectivity index (χ4n) is 3.20. The summed E-state index contributed by atoms with van der Waals surface area (Å²) in [7, 11) is 0. The first-order valence-corrected chi connectivity index (χ1v) is 8.30. The molecule has 1 unspecified atom stereocenters. The molecule has 5 heteroatoms. The number of likely N-dealkylation sites (tertiary alicyclic amines) is 1. The first kappa shape index (κ1) is 14.8. The van der Waals surface area contributed by atoms with Crippen LogP contribution < -0.4 is 0 Å². The van der Waals surface area contributed by atoms with E-state index < -0.39 is 0 Å². The number of nitrogens with zero attached hydrogens (tertiary/aromatic N) is 4. The smallest absolute Gasteiger partial charge is 0.160 e.